The minimum atomic E-state index is -4.58. The van der Waals surface area contributed by atoms with Gasteiger partial charge in [-0.1, -0.05) is 15.9 Å². The minimum absolute atomic E-state index is 0.0153. The van der Waals surface area contributed by atoms with Gasteiger partial charge in [-0.05, 0) is 24.6 Å². The molecule has 1 heterocycles. The van der Waals surface area contributed by atoms with Gasteiger partial charge in [0.15, 0.2) is 0 Å². The molecule has 1 fully saturated rings. The van der Waals surface area contributed by atoms with E-state index in [0.29, 0.717) is 11.4 Å². The Morgan fingerprint density at radius 1 is 1.48 bits per heavy atom. The van der Waals surface area contributed by atoms with Crippen LogP contribution in [0.2, 0.25) is 0 Å². The van der Waals surface area contributed by atoms with Gasteiger partial charge in [0.1, 0.15) is 5.75 Å². The van der Waals surface area contributed by atoms with E-state index in [1.165, 1.54) is 12.0 Å². The van der Waals surface area contributed by atoms with Crippen LogP contribution >= 0.6 is 15.9 Å². The van der Waals surface area contributed by atoms with Gasteiger partial charge in [-0.15, -0.1) is 3.89 Å². The van der Waals surface area contributed by atoms with E-state index in [9.17, 15) is 17.1 Å². The van der Waals surface area contributed by atoms with E-state index >= 15 is 0 Å². The average Bonchev–Trinajstić information content (AvgIpc) is 2.70. The van der Waals surface area contributed by atoms with Crippen LogP contribution in [0.1, 0.15) is 12.0 Å². The monoisotopic (exact) mass is 379 g/mol. The third-order valence-corrected chi connectivity index (χ3v) is 5.11. The summed E-state index contributed by atoms with van der Waals surface area (Å²) in [5, 5.41) is 0. The molecular formula is C13H15BrFNO4S. The van der Waals surface area contributed by atoms with Crippen molar-refractivity contribution in [1.82, 2.24) is 0 Å². The van der Waals surface area contributed by atoms with Gasteiger partial charge < -0.3 is 9.64 Å². The van der Waals surface area contributed by atoms with Crippen molar-refractivity contribution < 1.29 is 21.8 Å². The smallest absolute Gasteiger partial charge is 0.302 e. The van der Waals surface area contributed by atoms with E-state index in [-0.39, 0.29) is 18.9 Å². The Bertz CT molecular complexity index is 677. The van der Waals surface area contributed by atoms with Gasteiger partial charge in [-0.2, -0.15) is 8.42 Å². The van der Waals surface area contributed by atoms with Gasteiger partial charge in [-0.3, -0.25) is 4.79 Å². The predicted molar refractivity (Wildman–Crippen MR) is 80.8 cm³/mol. The molecule has 0 radical (unpaired) electrons. The Morgan fingerprint density at radius 2 is 2.14 bits per heavy atom. The first-order valence-electron chi connectivity index (χ1n) is 6.28. The fourth-order valence-corrected chi connectivity index (χ4v) is 3.54. The summed E-state index contributed by atoms with van der Waals surface area (Å²) in [5.74, 6) is -0.901. The van der Waals surface area contributed by atoms with Crippen molar-refractivity contribution in [2.75, 3.05) is 24.3 Å². The Morgan fingerprint density at radius 3 is 2.71 bits per heavy atom. The summed E-state index contributed by atoms with van der Waals surface area (Å²) < 4.78 is 40.3. The number of aryl methyl sites for hydroxylation is 1. The second-order valence-corrected chi connectivity index (χ2v) is 7.32. The van der Waals surface area contributed by atoms with Crippen LogP contribution in [0.4, 0.5) is 9.57 Å². The summed E-state index contributed by atoms with van der Waals surface area (Å²) in [5.41, 5.74) is 1.49. The number of methoxy groups -OCH3 is 1. The molecule has 1 aromatic carbocycles. The highest BCUT2D eigenvalue weighted by molar-refractivity contribution is 9.10. The molecule has 1 unspecified atom stereocenters. The van der Waals surface area contributed by atoms with Crippen LogP contribution in [-0.4, -0.2) is 33.7 Å². The van der Waals surface area contributed by atoms with Gasteiger partial charge in [0.25, 0.3) is 0 Å². The zero-order valence-electron chi connectivity index (χ0n) is 11.6. The maximum absolute atomic E-state index is 12.8. The van der Waals surface area contributed by atoms with Gasteiger partial charge in [0, 0.05) is 23.4 Å². The van der Waals surface area contributed by atoms with E-state index in [1.807, 2.05) is 6.92 Å². The Kier molecular flexibility index (Phi) is 4.57. The number of carbonyl (C=O) groups excluding carboxylic acids is 1. The summed E-state index contributed by atoms with van der Waals surface area (Å²) in [7, 11) is -3.09. The van der Waals surface area contributed by atoms with Crippen LogP contribution in [0.15, 0.2) is 16.6 Å². The van der Waals surface area contributed by atoms with Gasteiger partial charge >= 0.3 is 10.2 Å². The van der Waals surface area contributed by atoms with E-state index in [1.54, 1.807) is 12.1 Å². The lowest BCUT2D eigenvalue weighted by molar-refractivity contribution is -0.117. The topological polar surface area (TPSA) is 63.7 Å². The van der Waals surface area contributed by atoms with Crippen LogP contribution in [0.3, 0.4) is 0 Å². The van der Waals surface area contributed by atoms with Crippen molar-refractivity contribution in [3.63, 3.8) is 0 Å². The van der Waals surface area contributed by atoms with Gasteiger partial charge in [0.05, 0.1) is 18.6 Å². The van der Waals surface area contributed by atoms with E-state index in [4.69, 9.17) is 4.74 Å². The number of halogens is 2. The number of benzene rings is 1. The van der Waals surface area contributed by atoms with Crippen LogP contribution in [-0.2, 0) is 15.0 Å². The Labute approximate surface area is 131 Å². The molecule has 0 bridgehead atoms. The third kappa shape index (κ3) is 3.74. The minimum Gasteiger partial charge on any atom is -0.495 e. The number of nitrogens with zero attached hydrogens (tertiary/aromatic N) is 1. The number of ether oxygens (including phenoxy) is 1. The van der Waals surface area contributed by atoms with E-state index in [2.05, 4.69) is 15.9 Å². The molecule has 1 aliphatic heterocycles. The molecule has 0 N–H and O–H groups in total. The summed E-state index contributed by atoms with van der Waals surface area (Å²) in [6, 6.07) is 3.53. The van der Waals surface area contributed by atoms with Gasteiger partial charge in [0.2, 0.25) is 5.91 Å². The molecule has 0 spiro atoms. The molecule has 2 rings (SSSR count). The van der Waals surface area contributed by atoms with Crippen molar-refractivity contribution in [3.8, 4) is 5.75 Å². The molecule has 1 saturated heterocycles. The maximum Gasteiger partial charge on any atom is 0.302 e. The number of rotatable bonds is 4. The van der Waals surface area contributed by atoms with Crippen LogP contribution in [0.5, 0.6) is 5.75 Å². The first kappa shape index (κ1) is 16.2. The summed E-state index contributed by atoms with van der Waals surface area (Å²) in [4.78, 5) is 13.5. The van der Waals surface area contributed by atoms with Crippen LogP contribution in [0.25, 0.3) is 0 Å². The van der Waals surface area contributed by atoms with Crippen molar-refractivity contribution in [2.24, 2.45) is 5.92 Å². The van der Waals surface area contributed by atoms with E-state index in [0.717, 1.165) is 10.0 Å². The summed E-state index contributed by atoms with van der Waals surface area (Å²) >= 11 is 3.38. The fraction of sp³-hybridized carbons (Fsp3) is 0.462. The number of carbonyl (C=O) groups is 1. The van der Waals surface area contributed by atoms with Crippen molar-refractivity contribution in [1.29, 1.82) is 0 Å². The summed E-state index contributed by atoms with van der Waals surface area (Å²) in [6.07, 6.45) is 0.0153. The second kappa shape index (κ2) is 5.92. The van der Waals surface area contributed by atoms with Crippen LogP contribution in [0, 0.1) is 12.8 Å². The lowest BCUT2D eigenvalue weighted by atomic mass is 10.1. The molecule has 1 aliphatic rings. The zero-order chi connectivity index (χ0) is 15.8. The molecule has 1 aromatic rings. The molecule has 0 saturated carbocycles. The molecule has 1 amide bonds. The molecular weight excluding hydrogens is 365 g/mol. The van der Waals surface area contributed by atoms with Gasteiger partial charge in [-0.25, -0.2) is 0 Å². The third-order valence-electron chi connectivity index (χ3n) is 3.39. The van der Waals surface area contributed by atoms with Crippen molar-refractivity contribution >= 4 is 37.7 Å². The Balaban J connectivity index is 2.31. The average molecular weight is 380 g/mol. The highest BCUT2D eigenvalue weighted by atomic mass is 79.9. The number of hydrogen-bond donors (Lipinski definition) is 0. The standard InChI is InChI=1S/C13H15BrFNO4S/c1-8-3-11(12(20-2)5-10(8)14)16-6-9(4-13(16)17)7-21(15,18)19/h3,5,9H,4,6-7H2,1-2H3. The summed E-state index contributed by atoms with van der Waals surface area (Å²) in [6.45, 7) is 2.04. The lowest BCUT2D eigenvalue weighted by Gasteiger charge is -2.20. The number of amides is 1. The lowest BCUT2D eigenvalue weighted by Crippen LogP contribution is -2.26. The largest absolute Gasteiger partial charge is 0.495 e. The Hall–Kier alpha value is -1.15. The quantitative estimate of drug-likeness (QED) is 0.753. The molecule has 21 heavy (non-hydrogen) atoms. The van der Waals surface area contributed by atoms with Crippen molar-refractivity contribution in [3.05, 3.63) is 22.2 Å². The molecule has 0 aromatic heterocycles. The molecule has 8 heteroatoms. The van der Waals surface area contributed by atoms with E-state index < -0.39 is 21.9 Å². The maximum atomic E-state index is 12.8. The van der Waals surface area contributed by atoms with Crippen LogP contribution < -0.4 is 9.64 Å². The highest BCUT2D eigenvalue weighted by Gasteiger charge is 2.35. The SMILES string of the molecule is COc1cc(Br)c(C)cc1N1CC(CS(=O)(=O)F)CC1=O. The first-order valence-corrected chi connectivity index (χ1v) is 8.62. The second-order valence-electron chi connectivity index (χ2n) is 5.05. The normalized spacial score (nSPS) is 19.1. The number of hydrogen-bond acceptors (Lipinski definition) is 4. The molecule has 1 atom stereocenters. The zero-order valence-corrected chi connectivity index (χ0v) is 14.0. The predicted octanol–water partition coefficient (Wildman–Crippen LogP) is 2.42. The first-order chi connectivity index (χ1) is 9.71. The molecule has 5 nitrogen and oxygen atoms in total. The fourth-order valence-electron chi connectivity index (χ4n) is 2.43. The van der Waals surface area contributed by atoms with Crippen molar-refractivity contribution in [2.45, 2.75) is 13.3 Å². The highest BCUT2D eigenvalue weighted by Crippen LogP contribution is 2.37. The molecule has 116 valence electrons. The number of anilines is 1. The molecule has 0 aliphatic carbocycles.